The van der Waals surface area contributed by atoms with Gasteiger partial charge >= 0.3 is 5.97 Å². The van der Waals surface area contributed by atoms with Gasteiger partial charge in [0, 0.05) is 24.9 Å². The van der Waals surface area contributed by atoms with Gasteiger partial charge < -0.3 is 48.3 Å². The Morgan fingerprint density at radius 3 is 2.22 bits per heavy atom. The number of nitrogens with zero attached hydrogens (tertiary/aromatic N) is 2. The number of imidazole rings is 1. The van der Waals surface area contributed by atoms with E-state index in [9.17, 15) is 29.4 Å². The lowest BCUT2D eigenvalue weighted by Gasteiger charge is -2.25. The molecule has 12 N–H and O–H groups in total. The van der Waals surface area contributed by atoms with Crippen LogP contribution >= 0.6 is 0 Å². The average molecular weight is 512 g/mol. The molecule has 0 aliphatic rings. The van der Waals surface area contributed by atoms with Crippen LogP contribution in [-0.4, -0.2) is 87.2 Å². The van der Waals surface area contributed by atoms with Crippen LogP contribution < -0.4 is 33.2 Å². The summed E-state index contributed by atoms with van der Waals surface area (Å²) < 4.78 is 0. The fourth-order valence-corrected chi connectivity index (χ4v) is 3.11. The van der Waals surface area contributed by atoms with E-state index in [2.05, 4.69) is 30.9 Å². The van der Waals surface area contributed by atoms with E-state index in [0.29, 0.717) is 12.1 Å². The van der Waals surface area contributed by atoms with Crippen molar-refractivity contribution in [2.45, 2.75) is 63.7 Å². The molecule has 1 aromatic rings. The van der Waals surface area contributed by atoms with Gasteiger partial charge in [-0.25, -0.2) is 9.78 Å². The van der Waals surface area contributed by atoms with Gasteiger partial charge in [0.15, 0.2) is 5.96 Å². The first kappa shape index (κ1) is 30.3. The van der Waals surface area contributed by atoms with Crippen molar-refractivity contribution >= 4 is 29.7 Å². The van der Waals surface area contributed by atoms with Gasteiger partial charge in [0.25, 0.3) is 0 Å². The highest BCUT2D eigenvalue weighted by Crippen LogP contribution is 2.06. The lowest BCUT2D eigenvalue weighted by atomic mass is 9.99. The second kappa shape index (κ2) is 15.3. The van der Waals surface area contributed by atoms with Gasteiger partial charge in [-0.05, 0) is 18.8 Å². The average Bonchev–Trinajstić information content (AvgIpc) is 3.35. The molecule has 5 unspecified atom stereocenters. The molecular weight excluding hydrogens is 474 g/mol. The first-order valence-corrected chi connectivity index (χ1v) is 11.5. The van der Waals surface area contributed by atoms with Crippen molar-refractivity contribution in [2.24, 2.45) is 28.1 Å². The van der Waals surface area contributed by atoms with Gasteiger partial charge in [0.1, 0.15) is 18.1 Å². The first-order chi connectivity index (χ1) is 17.0. The summed E-state index contributed by atoms with van der Waals surface area (Å²) >= 11 is 0. The SMILES string of the molecule is CCC(C)C(N)C(=O)NC(CO)C(=O)NC(Cc1cnc[nH]1)C(=O)NC(CCCN=C(N)N)C(=O)O. The molecular formula is C21H37N9O6. The zero-order valence-corrected chi connectivity index (χ0v) is 20.4. The number of hydrogen-bond donors (Lipinski definition) is 9. The Kier molecular flexibility index (Phi) is 12.9. The Balaban J connectivity index is 2.94. The number of aromatic nitrogens is 2. The Morgan fingerprint density at radius 1 is 1.08 bits per heavy atom. The zero-order valence-electron chi connectivity index (χ0n) is 20.4. The summed E-state index contributed by atoms with van der Waals surface area (Å²) in [5.74, 6) is -3.83. The van der Waals surface area contributed by atoms with E-state index < -0.39 is 54.5 Å². The molecule has 202 valence electrons. The molecule has 1 rings (SSSR count). The summed E-state index contributed by atoms with van der Waals surface area (Å²) in [6.07, 6.45) is 3.70. The highest BCUT2D eigenvalue weighted by molar-refractivity contribution is 5.94. The molecule has 5 atom stereocenters. The van der Waals surface area contributed by atoms with Gasteiger partial charge in [-0.1, -0.05) is 20.3 Å². The quantitative estimate of drug-likeness (QED) is 0.0613. The fraction of sp³-hybridized carbons (Fsp3) is 0.619. The highest BCUT2D eigenvalue weighted by Gasteiger charge is 2.31. The summed E-state index contributed by atoms with van der Waals surface area (Å²) in [5.41, 5.74) is 16.9. The molecule has 0 bridgehead atoms. The van der Waals surface area contributed by atoms with E-state index in [-0.39, 0.29) is 37.7 Å². The number of aliphatic hydroxyl groups is 1. The molecule has 3 amide bonds. The first-order valence-electron chi connectivity index (χ1n) is 11.5. The summed E-state index contributed by atoms with van der Waals surface area (Å²) in [6.45, 7) is 3.07. The summed E-state index contributed by atoms with van der Waals surface area (Å²) in [4.78, 5) is 60.2. The Hall–Kier alpha value is -3.72. The van der Waals surface area contributed by atoms with Crippen molar-refractivity contribution < 1.29 is 29.4 Å². The van der Waals surface area contributed by atoms with Gasteiger partial charge in [-0.15, -0.1) is 0 Å². The standard InChI is InChI=1S/C21H37N9O6/c1-3-11(2)16(22)19(34)30-15(9-31)18(33)29-14(7-12-8-25-10-27-12)17(32)28-13(20(35)36)5-4-6-26-21(23)24/h8,10-11,13-16,31H,3-7,9,22H2,1-2H3,(H,25,27)(H,28,32)(H,29,33)(H,30,34)(H,35,36)(H4,23,24,26). The minimum absolute atomic E-state index is 0.0331. The maximum Gasteiger partial charge on any atom is 0.326 e. The van der Waals surface area contributed by atoms with Crippen LogP contribution in [0.25, 0.3) is 0 Å². The maximum absolute atomic E-state index is 13.0. The summed E-state index contributed by atoms with van der Waals surface area (Å²) in [6, 6.07) is -4.78. The van der Waals surface area contributed by atoms with Crippen molar-refractivity contribution in [3.8, 4) is 0 Å². The van der Waals surface area contributed by atoms with Crippen molar-refractivity contribution in [2.75, 3.05) is 13.2 Å². The van der Waals surface area contributed by atoms with E-state index in [1.54, 1.807) is 6.92 Å². The van der Waals surface area contributed by atoms with E-state index in [1.807, 2.05) is 6.92 Å². The Bertz CT molecular complexity index is 888. The molecule has 0 saturated carbocycles. The largest absolute Gasteiger partial charge is 0.480 e. The normalized spacial score (nSPS) is 15.0. The summed E-state index contributed by atoms with van der Waals surface area (Å²) in [5, 5.41) is 26.4. The molecule has 0 saturated heterocycles. The number of carboxylic acids is 1. The minimum Gasteiger partial charge on any atom is -0.480 e. The van der Waals surface area contributed by atoms with E-state index in [4.69, 9.17) is 17.2 Å². The number of nitrogens with two attached hydrogens (primary N) is 3. The predicted octanol–water partition coefficient (Wildman–Crippen LogP) is -3.09. The highest BCUT2D eigenvalue weighted by atomic mass is 16.4. The molecule has 0 spiro atoms. The zero-order chi connectivity index (χ0) is 27.3. The number of rotatable bonds is 16. The third kappa shape index (κ3) is 10.3. The van der Waals surface area contributed by atoms with E-state index in [0.717, 1.165) is 0 Å². The van der Waals surface area contributed by atoms with Crippen LogP contribution in [0.4, 0.5) is 0 Å². The molecule has 1 aromatic heterocycles. The number of guanidine groups is 1. The van der Waals surface area contributed by atoms with Crippen molar-refractivity contribution in [1.29, 1.82) is 0 Å². The number of aliphatic carboxylic acids is 1. The number of hydrogen-bond acceptors (Lipinski definition) is 8. The van der Waals surface area contributed by atoms with Gasteiger partial charge in [-0.2, -0.15) is 0 Å². The lowest BCUT2D eigenvalue weighted by Crippen LogP contribution is -2.59. The minimum atomic E-state index is -1.38. The number of aliphatic hydroxyl groups excluding tert-OH is 1. The van der Waals surface area contributed by atoms with E-state index >= 15 is 0 Å². The molecule has 15 heteroatoms. The number of carbonyl (C=O) groups is 4. The fourth-order valence-electron chi connectivity index (χ4n) is 3.11. The van der Waals surface area contributed by atoms with Gasteiger partial charge in [0.2, 0.25) is 17.7 Å². The van der Waals surface area contributed by atoms with Crippen LogP contribution in [0.5, 0.6) is 0 Å². The molecule has 15 nitrogen and oxygen atoms in total. The maximum atomic E-state index is 13.0. The molecule has 0 aromatic carbocycles. The molecule has 1 heterocycles. The topological polar surface area (TPSA) is 264 Å². The van der Waals surface area contributed by atoms with Crippen molar-refractivity contribution in [3.05, 3.63) is 18.2 Å². The molecule has 0 aliphatic carbocycles. The predicted molar refractivity (Wildman–Crippen MR) is 130 cm³/mol. The number of amides is 3. The van der Waals surface area contributed by atoms with Crippen LogP contribution in [-0.2, 0) is 25.6 Å². The number of carboxylic acid groups (broad SMARTS) is 1. The van der Waals surface area contributed by atoms with Crippen LogP contribution in [0.15, 0.2) is 17.5 Å². The van der Waals surface area contributed by atoms with Crippen LogP contribution in [0.3, 0.4) is 0 Å². The van der Waals surface area contributed by atoms with Gasteiger partial charge in [0.05, 0.1) is 19.0 Å². The second-order valence-corrected chi connectivity index (χ2v) is 8.35. The number of H-pyrrole nitrogens is 1. The Labute approximate surface area is 208 Å². The van der Waals surface area contributed by atoms with Crippen LogP contribution in [0.2, 0.25) is 0 Å². The number of carbonyl (C=O) groups excluding carboxylic acids is 3. The third-order valence-corrected chi connectivity index (χ3v) is 5.55. The van der Waals surface area contributed by atoms with Crippen LogP contribution in [0.1, 0.15) is 38.8 Å². The summed E-state index contributed by atoms with van der Waals surface area (Å²) in [7, 11) is 0. The lowest BCUT2D eigenvalue weighted by molar-refractivity contribution is -0.142. The van der Waals surface area contributed by atoms with Crippen molar-refractivity contribution in [3.63, 3.8) is 0 Å². The molecule has 36 heavy (non-hydrogen) atoms. The Morgan fingerprint density at radius 2 is 1.69 bits per heavy atom. The molecule has 0 radical (unpaired) electrons. The number of aliphatic imine (C=N–C) groups is 1. The molecule has 0 fully saturated rings. The number of nitrogens with one attached hydrogen (secondary N) is 4. The second-order valence-electron chi connectivity index (χ2n) is 8.35. The van der Waals surface area contributed by atoms with Gasteiger partial charge in [-0.3, -0.25) is 19.4 Å². The van der Waals surface area contributed by atoms with Crippen molar-refractivity contribution in [1.82, 2.24) is 25.9 Å². The smallest absolute Gasteiger partial charge is 0.326 e. The van der Waals surface area contributed by atoms with E-state index in [1.165, 1.54) is 12.5 Å². The van der Waals surface area contributed by atoms with Crippen LogP contribution in [0, 0.1) is 5.92 Å². The number of aromatic amines is 1. The third-order valence-electron chi connectivity index (χ3n) is 5.55. The monoisotopic (exact) mass is 511 g/mol. The molecule has 0 aliphatic heterocycles.